The third-order valence-corrected chi connectivity index (χ3v) is 3.41. The second-order valence-corrected chi connectivity index (χ2v) is 4.11. The summed E-state index contributed by atoms with van der Waals surface area (Å²) in [4.78, 5) is 0. The number of hydrogen-bond donors (Lipinski definition) is 2. The van der Waals surface area contributed by atoms with E-state index in [0.717, 1.165) is 11.8 Å². The SMILES string of the molecule is CC[C@H](C)[C@@H]1CCCC[C@@H]1NN. The van der Waals surface area contributed by atoms with Crippen LogP contribution in [0, 0.1) is 11.8 Å². The summed E-state index contributed by atoms with van der Waals surface area (Å²) in [5, 5.41) is 0. The lowest BCUT2D eigenvalue weighted by Crippen LogP contribution is -2.44. The zero-order valence-corrected chi connectivity index (χ0v) is 8.34. The van der Waals surface area contributed by atoms with Gasteiger partial charge in [0, 0.05) is 6.04 Å². The molecular weight excluding hydrogens is 148 g/mol. The molecule has 0 aromatic heterocycles. The van der Waals surface area contributed by atoms with Crippen LogP contribution in [0.4, 0.5) is 0 Å². The Morgan fingerprint density at radius 2 is 2.08 bits per heavy atom. The fourth-order valence-electron chi connectivity index (χ4n) is 2.35. The normalized spacial score (nSPS) is 33.2. The molecule has 1 rings (SSSR count). The molecule has 0 aromatic carbocycles. The van der Waals surface area contributed by atoms with E-state index in [0.29, 0.717) is 6.04 Å². The molecule has 72 valence electrons. The quantitative estimate of drug-likeness (QED) is 0.502. The van der Waals surface area contributed by atoms with E-state index in [1.54, 1.807) is 0 Å². The van der Waals surface area contributed by atoms with Gasteiger partial charge in [0.2, 0.25) is 0 Å². The van der Waals surface area contributed by atoms with Crippen molar-refractivity contribution in [2.45, 2.75) is 52.0 Å². The number of nitrogens with two attached hydrogens (primary N) is 1. The van der Waals surface area contributed by atoms with E-state index >= 15 is 0 Å². The zero-order chi connectivity index (χ0) is 8.97. The maximum Gasteiger partial charge on any atom is 0.0241 e. The van der Waals surface area contributed by atoms with Crippen LogP contribution in [-0.2, 0) is 0 Å². The van der Waals surface area contributed by atoms with Crippen molar-refractivity contribution in [2.75, 3.05) is 0 Å². The molecule has 0 aliphatic heterocycles. The van der Waals surface area contributed by atoms with Crippen molar-refractivity contribution >= 4 is 0 Å². The fraction of sp³-hybridized carbons (Fsp3) is 1.00. The number of hydrogen-bond acceptors (Lipinski definition) is 2. The van der Waals surface area contributed by atoms with E-state index in [4.69, 9.17) is 5.84 Å². The smallest absolute Gasteiger partial charge is 0.0241 e. The first-order chi connectivity index (χ1) is 5.79. The van der Waals surface area contributed by atoms with Gasteiger partial charge in [0.05, 0.1) is 0 Å². The predicted octanol–water partition coefficient (Wildman–Crippen LogP) is 2.05. The summed E-state index contributed by atoms with van der Waals surface area (Å²) in [6.07, 6.45) is 6.66. The molecule has 1 saturated carbocycles. The highest BCUT2D eigenvalue weighted by Gasteiger charge is 2.27. The van der Waals surface area contributed by atoms with Crippen LogP contribution in [0.1, 0.15) is 46.0 Å². The molecule has 0 saturated heterocycles. The number of hydrazine groups is 1. The Labute approximate surface area is 75.9 Å². The molecule has 1 aliphatic rings. The summed E-state index contributed by atoms with van der Waals surface area (Å²) in [6.45, 7) is 4.62. The molecule has 0 amide bonds. The van der Waals surface area contributed by atoms with Crippen molar-refractivity contribution in [1.82, 2.24) is 5.43 Å². The van der Waals surface area contributed by atoms with Gasteiger partial charge in [0.1, 0.15) is 0 Å². The van der Waals surface area contributed by atoms with E-state index in [1.165, 1.54) is 32.1 Å². The van der Waals surface area contributed by atoms with E-state index < -0.39 is 0 Å². The Hall–Kier alpha value is -0.0800. The number of rotatable bonds is 3. The van der Waals surface area contributed by atoms with Gasteiger partial charge in [-0.2, -0.15) is 0 Å². The maximum absolute atomic E-state index is 5.54. The average molecular weight is 170 g/mol. The molecular formula is C10H22N2. The molecule has 0 unspecified atom stereocenters. The van der Waals surface area contributed by atoms with Crippen molar-refractivity contribution in [3.05, 3.63) is 0 Å². The van der Waals surface area contributed by atoms with Gasteiger partial charge in [-0.3, -0.25) is 11.3 Å². The predicted molar refractivity (Wildman–Crippen MR) is 52.5 cm³/mol. The minimum absolute atomic E-state index is 0.577. The van der Waals surface area contributed by atoms with Gasteiger partial charge in [-0.25, -0.2) is 0 Å². The Bertz CT molecular complexity index is 125. The molecule has 1 fully saturated rings. The van der Waals surface area contributed by atoms with E-state index in [1.807, 2.05) is 0 Å². The van der Waals surface area contributed by atoms with Crippen molar-refractivity contribution < 1.29 is 0 Å². The Kier molecular flexibility index (Phi) is 4.02. The van der Waals surface area contributed by atoms with Crippen molar-refractivity contribution in [1.29, 1.82) is 0 Å². The van der Waals surface area contributed by atoms with Crippen molar-refractivity contribution in [3.63, 3.8) is 0 Å². The van der Waals surface area contributed by atoms with E-state index in [-0.39, 0.29) is 0 Å². The Morgan fingerprint density at radius 3 is 2.67 bits per heavy atom. The van der Waals surface area contributed by atoms with Crippen LogP contribution >= 0.6 is 0 Å². The molecule has 3 N–H and O–H groups in total. The Morgan fingerprint density at radius 1 is 1.42 bits per heavy atom. The summed E-state index contributed by atoms with van der Waals surface area (Å²) in [5.41, 5.74) is 2.97. The van der Waals surface area contributed by atoms with Gasteiger partial charge in [0.15, 0.2) is 0 Å². The molecule has 0 radical (unpaired) electrons. The maximum atomic E-state index is 5.54. The van der Waals surface area contributed by atoms with Crippen LogP contribution in [0.5, 0.6) is 0 Å². The Balaban J connectivity index is 2.46. The molecule has 0 spiro atoms. The summed E-state index contributed by atoms with van der Waals surface area (Å²) < 4.78 is 0. The van der Waals surface area contributed by atoms with Crippen LogP contribution < -0.4 is 11.3 Å². The summed E-state index contributed by atoms with van der Waals surface area (Å²) in [7, 11) is 0. The lowest BCUT2D eigenvalue weighted by Gasteiger charge is -2.34. The van der Waals surface area contributed by atoms with Gasteiger partial charge in [-0.1, -0.05) is 33.1 Å². The highest BCUT2D eigenvalue weighted by Crippen LogP contribution is 2.31. The van der Waals surface area contributed by atoms with E-state index in [9.17, 15) is 0 Å². The molecule has 12 heavy (non-hydrogen) atoms. The zero-order valence-electron chi connectivity index (χ0n) is 8.34. The van der Waals surface area contributed by atoms with Crippen LogP contribution in [0.3, 0.4) is 0 Å². The van der Waals surface area contributed by atoms with Crippen LogP contribution in [0.15, 0.2) is 0 Å². The highest BCUT2D eigenvalue weighted by atomic mass is 15.2. The number of nitrogens with one attached hydrogen (secondary N) is 1. The molecule has 0 aromatic rings. The topological polar surface area (TPSA) is 38.0 Å². The van der Waals surface area contributed by atoms with Crippen LogP contribution in [0.2, 0.25) is 0 Å². The first-order valence-electron chi connectivity index (χ1n) is 5.25. The standard InChI is InChI=1S/C10H22N2/c1-3-8(2)9-6-4-5-7-10(9)12-11/h8-10,12H,3-7,11H2,1-2H3/t8-,9-,10-/m0/s1. The largest absolute Gasteiger partial charge is 0.271 e. The van der Waals surface area contributed by atoms with Crippen LogP contribution in [-0.4, -0.2) is 6.04 Å². The second-order valence-electron chi connectivity index (χ2n) is 4.11. The summed E-state index contributed by atoms with van der Waals surface area (Å²) >= 11 is 0. The second kappa shape index (κ2) is 4.83. The summed E-state index contributed by atoms with van der Waals surface area (Å²) in [5.74, 6) is 7.18. The van der Waals surface area contributed by atoms with Gasteiger partial charge in [-0.05, 0) is 24.7 Å². The molecule has 2 heteroatoms. The van der Waals surface area contributed by atoms with Gasteiger partial charge in [-0.15, -0.1) is 0 Å². The van der Waals surface area contributed by atoms with E-state index in [2.05, 4.69) is 19.3 Å². The minimum atomic E-state index is 0.577. The third-order valence-electron chi connectivity index (χ3n) is 3.41. The van der Waals surface area contributed by atoms with Crippen molar-refractivity contribution in [2.24, 2.45) is 17.7 Å². The molecule has 2 nitrogen and oxygen atoms in total. The lowest BCUT2D eigenvalue weighted by atomic mass is 9.76. The van der Waals surface area contributed by atoms with Crippen LogP contribution in [0.25, 0.3) is 0 Å². The minimum Gasteiger partial charge on any atom is -0.271 e. The first-order valence-corrected chi connectivity index (χ1v) is 5.25. The molecule has 0 heterocycles. The summed E-state index contributed by atoms with van der Waals surface area (Å²) in [6, 6.07) is 0.577. The highest BCUT2D eigenvalue weighted by molar-refractivity contribution is 4.82. The average Bonchev–Trinajstić information content (AvgIpc) is 2.16. The van der Waals surface area contributed by atoms with Crippen molar-refractivity contribution in [3.8, 4) is 0 Å². The third kappa shape index (κ3) is 2.20. The molecule has 0 bridgehead atoms. The molecule has 1 aliphatic carbocycles. The van der Waals surface area contributed by atoms with Gasteiger partial charge < -0.3 is 0 Å². The molecule has 3 atom stereocenters. The monoisotopic (exact) mass is 170 g/mol. The first kappa shape index (κ1) is 10.0. The van der Waals surface area contributed by atoms with Gasteiger partial charge in [0.25, 0.3) is 0 Å². The lowest BCUT2D eigenvalue weighted by molar-refractivity contribution is 0.193. The van der Waals surface area contributed by atoms with Gasteiger partial charge >= 0.3 is 0 Å². The fourth-order valence-corrected chi connectivity index (χ4v) is 2.35.